The zero-order valence-electron chi connectivity index (χ0n) is 9.41. The smallest absolute Gasteiger partial charge is 0.404 e. The van der Waals surface area contributed by atoms with Crippen molar-refractivity contribution in [2.45, 2.75) is 0 Å². The Morgan fingerprint density at radius 3 is 2.00 bits per heavy atom. The van der Waals surface area contributed by atoms with Crippen molar-refractivity contribution in [1.29, 1.82) is 0 Å². The van der Waals surface area contributed by atoms with Gasteiger partial charge >= 0.3 is 6.09 Å². The van der Waals surface area contributed by atoms with Gasteiger partial charge in [0, 0.05) is 13.1 Å². The number of amides is 2. The molecule has 0 saturated heterocycles. The number of hydrogen-bond donors (Lipinski definition) is 3. The van der Waals surface area contributed by atoms with Gasteiger partial charge in [0.05, 0.1) is 31.8 Å². The molecular weight excluding hydrogens is 296 g/mol. The molecule has 0 radical (unpaired) electrons. The van der Waals surface area contributed by atoms with Gasteiger partial charge in [0.2, 0.25) is 5.91 Å². The van der Waals surface area contributed by atoms with Gasteiger partial charge in [-0.1, -0.05) is 15.9 Å². The van der Waals surface area contributed by atoms with E-state index in [1.54, 1.807) is 0 Å². The molecule has 0 aliphatic heterocycles. The Balaban J connectivity index is 3.03. The highest BCUT2D eigenvalue weighted by Crippen LogP contribution is 1.80. The molecule has 7 nitrogen and oxygen atoms in total. The van der Waals surface area contributed by atoms with E-state index >= 15 is 0 Å². The van der Waals surface area contributed by atoms with Gasteiger partial charge in [0.25, 0.3) is 0 Å². The number of ether oxygens (including phenoxy) is 2. The maximum absolute atomic E-state index is 10.8. The van der Waals surface area contributed by atoms with Crippen molar-refractivity contribution >= 4 is 27.9 Å². The van der Waals surface area contributed by atoms with Crippen molar-refractivity contribution in [1.82, 2.24) is 10.6 Å². The highest BCUT2D eigenvalue weighted by atomic mass is 79.9. The van der Waals surface area contributed by atoms with Gasteiger partial charge in [0.1, 0.15) is 0 Å². The van der Waals surface area contributed by atoms with Crippen molar-refractivity contribution in [2.24, 2.45) is 0 Å². The van der Waals surface area contributed by atoms with E-state index in [1.807, 2.05) is 0 Å². The lowest BCUT2D eigenvalue weighted by molar-refractivity contribution is -0.118. The lowest BCUT2D eigenvalue weighted by atomic mass is 10.6. The number of hydrogen-bond acceptors (Lipinski definition) is 4. The van der Waals surface area contributed by atoms with E-state index in [1.165, 1.54) is 0 Å². The molecule has 0 aromatic rings. The minimum absolute atomic E-state index is 0.0791. The molecule has 2 amide bonds. The number of halogens is 1. The Bertz CT molecular complexity index is 227. The summed E-state index contributed by atoms with van der Waals surface area (Å²) in [7, 11) is 0. The van der Waals surface area contributed by atoms with Crippen LogP contribution in [0.3, 0.4) is 0 Å². The topological polar surface area (TPSA) is 96.9 Å². The zero-order valence-corrected chi connectivity index (χ0v) is 11.0. The van der Waals surface area contributed by atoms with E-state index in [4.69, 9.17) is 14.6 Å². The number of carbonyl (C=O) groups excluding carboxylic acids is 1. The number of carbonyl (C=O) groups is 2. The third-order valence-electron chi connectivity index (χ3n) is 1.58. The summed E-state index contributed by atoms with van der Waals surface area (Å²) in [4.78, 5) is 20.8. The minimum atomic E-state index is -1.06. The van der Waals surface area contributed by atoms with E-state index in [0.29, 0.717) is 33.0 Å². The molecule has 0 aromatic heterocycles. The number of rotatable bonds is 10. The lowest BCUT2D eigenvalue weighted by Gasteiger charge is -2.06. The van der Waals surface area contributed by atoms with Crippen LogP contribution in [0, 0.1) is 0 Å². The normalized spacial score (nSPS) is 9.94. The Hall–Kier alpha value is -0.860. The van der Waals surface area contributed by atoms with Crippen LogP contribution in [0.25, 0.3) is 0 Å². The first-order valence-corrected chi connectivity index (χ1v) is 6.24. The molecule has 0 aliphatic rings. The Morgan fingerprint density at radius 2 is 1.53 bits per heavy atom. The summed E-state index contributed by atoms with van der Waals surface area (Å²) in [6, 6.07) is 0. The molecule has 3 N–H and O–H groups in total. The monoisotopic (exact) mass is 312 g/mol. The predicted octanol–water partition coefficient (Wildman–Crippen LogP) is -0.202. The highest BCUT2D eigenvalue weighted by molar-refractivity contribution is 9.09. The summed E-state index contributed by atoms with van der Waals surface area (Å²) in [5.41, 5.74) is 0. The van der Waals surface area contributed by atoms with E-state index in [-0.39, 0.29) is 17.8 Å². The van der Waals surface area contributed by atoms with E-state index in [9.17, 15) is 9.59 Å². The second-order valence-corrected chi connectivity index (χ2v) is 3.50. The van der Waals surface area contributed by atoms with Crippen LogP contribution in [0.15, 0.2) is 0 Å². The molecule has 0 rings (SSSR count). The number of carboxylic acid groups (broad SMARTS) is 1. The van der Waals surface area contributed by atoms with E-state index < -0.39 is 6.09 Å². The second kappa shape index (κ2) is 11.6. The summed E-state index contributed by atoms with van der Waals surface area (Å²) in [6.45, 7) is 2.28. The molecule has 0 bridgehead atoms. The van der Waals surface area contributed by atoms with Crippen LogP contribution < -0.4 is 10.6 Å². The van der Waals surface area contributed by atoms with Gasteiger partial charge in [-0.2, -0.15) is 0 Å². The van der Waals surface area contributed by atoms with Crippen molar-refractivity contribution in [3.63, 3.8) is 0 Å². The average molecular weight is 313 g/mol. The number of nitrogens with one attached hydrogen (secondary N) is 2. The minimum Gasteiger partial charge on any atom is -0.465 e. The zero-order chi connectivity index (χ0) is 12.9. The van der Waals surface area contributed by atoms with Gasteiger partial charge in [-0.15, -0.1) is 0 Å². The molecule has 0 aromatic carbocycles. The third-order valence-corrected chi connectivity index (χ3v) is 2.09. The van der Waals surface area contributed by atoms with E-state index in [0.717, 1.165) is 0 Å². The van der Waals surface area contributed by atoms with Gasteiger partial charge < -0.3 is 25.2 Å². The molecular formula is C9H17BrN2O5. The maximum Gasteiger partial charge on any atom is 0.404 e. The standard InChI is InChI=1S/C9H17BrN2O5/c10-7-8(13)11-1-3-16-5-6-17-4-2-12-9(14)15/h12H,1-7H2,(H,11,13)(H,14,15). The largest absolute Gasteiger partial charge is 0.465 e. The Kier molecular flexibility index (Phi) is 11.0. The second-order valence-electron chi connectivity index (χ2n) is 2.94. The fourth-order valence-corrected chi connectivity index (χ4v) is 1.06. The van der Waals surface area contributed by atoms with Crippen LogP contribution in [0.5, 0.6) is 0 Å². The van der Waals surface area contributed by atoms with Crippen molar-refractivity contribution in [2.75, 3.05) is 44.8 Å². The first-order chi connectivity index (χ1) is 8.16. The first kappa shape index (κ1) is 16.1. The summed E-state index contributed by atoms with van der Waals surface area (Å²) in [5.74, 6) is -0.0791. The molecule has 0 fully saturated rings. The van der Waals surface area contributed by atoms with Crippen molar-refractivity contribution in [3.8, 4) is 0 Å². The molecule has 8 heteroatoms. The van der Waals surface area contributed by atoms with E-state index in [2.05, 4.69) is 26.6 Å². The van der Waals surface area contributed by atoms with Gasteiger partial charge in [-0.05, 0) is 0 Å². The van der Waals surface area contributed by atoms with Gasteiger partial charge in [-0.25, -0.2) is 4.79 Å². The quantitative estimate of drug-likeness (QED) is 0.383. The van der Waals surface area contributed by atoms with Crippen LogP contribution in [0.4, 0.5) is 4.79 Å². The predicted molar refractivity (Wildman–Crippen MR) is 64.5 cm³/mol. The van der Waals surface area contributed by atoms with Crippen molar-refractivity contribution in [3.05, 3.63) is 0 Å². The van der Waals surface area contributed by atoms with Crippen LogP contribution in [-0.2, 0) is 14.3 Å². The first-order valence-electron chi connectivity index (χ1n) is 5.11. The fourth-order valence-electron chi connectivity index (χ4n) is 0.862. The molecule has 0 heterocycles. The Morgan fingerprint density at radius 1 is 1.00 bits per heavy atom. The molecule has 0 unspecified atom stereocenters. The maximum atomic E-state index is 10.8. The molecule has 0 atom stereocenters. The highest BCUT2D eigenvalue weighted by Gasteiger charge is 1.96. The lowest BCUT2D eigenvalue weighted by Crippen LogP contribution is -2.28. The van der Waals surface area contributed by atoms with Crippen molar-refractivity contribution < 1.29 is 24.2 Å². The summed E-state index contributed by atoms with van der Waals surface area (Å²) in [6.07, 6.45) is -1.06. The van der Waals surface area contributed by atoms with Crippen LogP contribution >= 0.6 is 15.9 Å². The van der Waals surface area contributed by atoms with Gasteiger partial charge in [0.15, 0.2) is 0 Å². The van der Waals surface area contributed by atoms with Crippen LogP contribution in [0.2, 0.25) is 0 Å². The summed E-state index contributed by atoms with van der Waals surface area (Å²) >= 11 is 3.02. The van der Waals surface area contributed by atoms with Crippen LogP contribution in [0.1, 0.15) is 0 Å². The SMILES string of the molecule is O=C(O)NCCOCCOCCNC(=O)CBr. The Labute approximate surface area is 108 Å². The molecule has 17 heavy (non-hydrogen) atoms. The molecule has 0 spiro atoms. The fraction of sp³-hybridized carbons (Fsp3) is 0.778. The molecule has 0 saturated carbocycles. The summed E-state index contributed by atoms with van der Waals surface area (Å²) < 4.78 is 10.3. The van der Waals surface area contributed by atoms with Gasteiger partial charge in [-0.3, -0.25) is 4.79 Å². The van der Waals surface area contributed by atoms with Crippen LogP contribution in [-0.4, -0.2) is 62.0 Å². The third kappa shape index (κ3) is 13.1. The molecule has 100 valence electrons. The number of alkyl halides is 1. The average Bonchev–Trinajstić information content (AvgIpc) is 2.30. The molecule has 0 aliphatic carbocycles. The summed E-state index contributed by atoms with van der Waals surface area (Å²) in [5, 5.41) is 13.3.